The summed E-state index contributed by atoms with van der Waals surface area (Å²) in [6.45, 7) is 2.74. The Hall–Kier alpha value is -2.67. The number of aryl methyl sites for hydroxylation is 1. The van der Waals surface area contributed by atoms with E-state index in [1.807, 2.05) is 19.1 Å². The molecule has 1 N–H and O–H groups in total. The molecule has 31 heavy (non-hydrogen) atoms. The van der Waals surface area contributed by atoms with Crippen molar-refractivity contribution in [2.75, 3.05) is 19.0 Å². The summed E-state index contributed by atoms with van der Waals surface area (Å²) in [7, 11) is 1.68. The molecule has 1 atom stereocenters. The largest absolute Gasteiger partial charge is 0.497 e. The number of aromatic nitrogens is 4. The smallest absolute Gasteiger partial charge is 0.170 e. The van der Waals surface area contributed by atoms with E-state index in [1.165, 1.54) is 25.7 Å². The number of ether oxygens (including phenoxy) is 2. The van der Waals surface area contributed by atoms with Crippen molar-refractivity contribution in [3.05, 3.63) is 35.9 Å². The standard InChI is InChI=1S/C24H29N5O2/c1-14-25-22(27-20(15-5-6-15)16-7-8-16)21-24(26-14)29(17-9-11-18(30-2)12-10-17)23(28-21)19-4-3-13-31-19/h9-12,15-16,19-20H,3-8,13H2,1-2H3,(H,25,26,27). The van der Waals surface area contributed by atoms with Gasteiger partial charge in [0.05, 0.1) is 7.11 Å². The normalized spacial score (nSPS) is 21.2. The Balaban J connectivity index is 1.49. The van der Waals surface area contributed by atoms with Crippen molar-refractivity contribution in [3.8, 4) is 11.4 Å². The first-order chi connectivity index (χ1) is 15.2. The highest BCUT2D eigenvalue weighted by molar-refractivity contribution is 5.85. The van der Waals surface area contributed by atoms with Gasteiger partial charge >= 0.3 is 0 Å². The van der Waals surface area contributed by atoms with Crippen molar-refractivity contribution in [1.82, 2.24) is 19.5 Å². The lowest BCUT2D eigenvalue weighted by molar-refractivity contribution is 0.104. The van der Waals surface area contributed by atoms with Gasteiger partial charge in [-0.15, -0.1) is 0 Å². The van der Waals surface area contributed by atoms with Crippen LogP contribution in [0.4, 0.5) is 5.82 Å². The van der Waals surface area contributed by atoms with Crippen LogP contribution >= 0.6 is 0 Å². The van der Waals surface area contributed by atoms with Crippen LogP contribution in [0.2, 0.25) is 0 Å². The second-order valence-corrected chi connectivity index (χ2v) is 9.14. The third-order valence-electron chi connectivity index (χ3n) is 6.76. The van der Waals surface area contributed by atoms with Crippen molar-refractivity contribution < 1.29 is 9.47 Å². The molecular weight excluding hydrogens is 390 g/mol. The molecule has 2 saturated carbocycles. The molecule has 3 aromatic rings. The number of benzene rings is 1. The predicted molar refractivity (Wildman–Crippen MR) is 119 cm³/mol. The number of methoxy groups -OCH3 is 1. The molecule has 2 aliphatic carbocycles. The molecule has 0 amide bonds. The zero-order valence-corrected chi connectivity index (χ0v) is 18.2. The van der Waals surface area contributed by atoms with Crippen LogP contribution in [0.1, 0.15) is 56.3 Å². The molecule has 7 heteroatoms. The molecule has 2 aromatic heterocycles. The van der Waals surface area contributed by atoms with Crippen LogP contribution in [0.25, 0.3) is 16.9 Å². The second-order valence-electron chi connectivity index (χ2n) is 9.14. The minimum atomic E-state index is -0.0212. The van der Waals surface area contributed by atoms with Gasteiger partial charge in [0, 0.05) is 18.3 Å². The number of anilines is 1. The molecular formula is C24H29N5O2. The van der Waals surface area contributed by atoms with Gasteiger partial charge in [-0.3, -0.25) is 4.57 Å². The minimum Gasteiger partial charge on any atom is -0.497 e. The van der Waals surface area contributed by atoms with E-state index in [-0.39, 0.29) is 6.10 Å². The van der Waals surface area contributed by atoms with Gasteiger partial charge in [0.1, 0.15) is 23.5 Å². The maximum absolute atomic E-state index is 6.05. The highest BCUT2D eigenvalue weighted by atomic mass is 16.5. The Bertz CT molecular complexity index is 1080. The summed E-state index contributed by atoms with van der Waals surface area (Å²) < 4.78 is 13.6. The van der Waals surface area contributed by atoms with E-state index in [2.05, 4.69) is 22.0 Å². The van der Waals surface area contributed by atoms with Crippen LogP contribution < -0.4 is 10.1 Å². The molecule has 3 fully saturated rings. The average molecular weight is 420 g/mol. The molecule has 0 radical (unpaired) electrons. The second kappa shape index (κ2) is 7.48. The number of imidazole rings is 1. The van der Waals surface area contributed by atoms with Crippen LogP contribution in [0.3, 0.4) is 0 Å². The van der Waals surface area contributed by atoms with Gasteiger partial charge in [-0.1, -0.05) is 0 Å². The molecule has 1 aliphatic heterocycles. The third-order valence-corrected chi connectivity index (χ3v) is 6.76. The van der Waals surface area contributed by atoms with Gasteiger partial charge < -0.3 is 14.8 Å². The predicted octanol–water partition coefficient (Wildman–Crippen LogP) is 4.58. The number of rotatable bonds is 7. The van der Waals surface area contributed by atoms with Crippen molar-refractivity contribution in [3.63, 3.8) is 0 Å². The first kappa shape index (κ1) is 19.0. The molecule has 0 spiro atoms. The number of nitrogens with one attached hydrogen (secondary N) is 1. The minimum absolute atomic E-state index is 0.0212. The summed E-state index contributed by atoms with van der Waals surface area (Å²) in [4.78, 5) is 14.7. The zero-order valence-electron chi connectivity index (χ0n) is 18.2. The maximum atomic E-state index is 6.05. The Morgan fingerprint density at radius 2 is 1.77 bits per heavy atom. The Morgan fingerprint density at radius 1 is 1.03 bits per heavy atom. The summed E-state index contributed by atoms with van der Waals surface area (Å²) in [6, 6.07) is 8.57. The van der Waals surface area contributed by atoms with E-state index in [0.29, 0.717) is 6.04 Å². The van der Waals surface area contributed by atoms with Crippen LogP contribution in [0.5, 0.6) is 5.75 Å². The van der Waals surface area contributed by atoms with Crippen LogP contribution in [-0.2, 0) is 4.74 Å². The fourth-order valence-electron chi connectivity index (χ4n) is 4.86. The van der Waals surface area contributed by atoms with Gasteiger partial charge in [-0.05, 0) is 81.5 Å². The molecule has 6 rings (SSSR count). The van der Waals surface area contributed by atoms with Gasteiger partial charge in [-0.25, -0.2) is 15.0 Å². The maximum Gasteiger partial charge on any atom is 0.170 e. The van der Waals surface area contributed by atoms with Gasteiger partial charge in [-0.2, -0.15) is 0 Å². The quantitative estimate of drug-likeness (QED) is 0.604. The fraction of sp³-hybridized carbons (Fsp3) is 0.542. The van der Waals surface area contributed by atoms with Crippen LogP contribution in [-0.4, -0.2) is 39.3 Å². The summed E-state index contributed by atoms with van der Waals surface area (Å²) >= 11 is 0. The number of fused-ring (bicyclic) bond motifs is 1. The lowest BCUT2D eigenvalue weighted by Gasteiger charge is -2.18. The molecule has 1 unspecified atom stereocenters. The topological polar surface area (TPSA) is 74.1 Å². The van der Waals surface area contributed by atoms with Crippen molar-refractivity contribution >= 4 is 17.0 Å². The Labute approximate surface area is 182 Å². The van der Waals surface area contributed by atoms with E-state index in [0.717, 1.165) is 71.4 Å². The molecule has 3 aliphatic rings. The van der Waals surface area contributed by atoms with E-state index in [1.54, 1.807) is 7.11 Å². The highest BCUT2D eigenvalue weighted by Gasteiger charge is 2.42. The van der Waals surface area contributed by atoms with E-state index < -0.39 is 0 Å². The van der Waals surface area contributed by atoms with Crippen molar-refractivity contribution in [2.45, 2.75) is 57.6 Å². The first-order valence-electron chi connectivity index (χ1n) is 11.5. The monoisotopic (exact) mass is 419 g/mol. The lowest BCUT2D eigenvalue weighted by Crippen LogP contribution is -2.25. The van der Waals surface area contributed by atoms with E-state index in [4.69, 9.17) is 24.4 Å². The SMILES string of the molecule is COc1ccc(-n2c(C3CCCO3)nc3c(NC(C4CC4)C4CC4)nc(C)nc32)cc1. The van der Waals surface area contributed by atoms with Crippen molar-refractivity contribution in [2.24, 2.45) is 11.8 Å². The van der Waals surface area contributed by atoms with Crippen molar-refractivity contribution in [1.29, 1.82) is 0 Å². The highest BCUT2D eigenvalue weighted by Crippen LogP contribution is 2.46. The summed E-state index contributed by atoms with van der Waals surface area (Å²) in [5.74, 6) is 4.93. The van der Waals surface area contributed by atoms with E-state index in [9.17, 15) is 0 Å². The molecule has 7 nitrogen and oxygen atoms in total. The average Bonchev–Trinajstić information content (AvgIpc) is 3.71. The number of hydrogen-bond acceptors (Lipinski definition) is 6. The molecule has 1 saturated heterocycles. The lowest BCUT2D eigenvalue weighted by atomic mass is 10.1. The fourth-order valence-corrected chi connectivity index (χ4v) is 4.86. The Kier molecular flexibility index (Phi) is 4.60. The first-order valence-corrected chi connectivity index (χ1v) is 11.5. The summed E-state index contributed by atoms with van der Waals surface area (Å²) in [5, 5.41) is 3.80. The number of nitrogens with zero attached hydrogens (tertiary/aromatic N) is 4. The number of hydrogen-bond donors (Lipinski definition) is 1. The van der Waals surface area contributed by atoms with Crippen LogP contribution in [0, 0.1) is 18.8 Å². The summed E-state index contributed by atoms with van der Waals surface area (Å²) in [5.41, 5.74) is 2.70. The van der Waals surface area contributed by atoms with Gasteiger partial charge in [0.25, 0.3) is 0 Å². The van der Waals surface area contributed by atoms with Crippen LogP contribution in [0.15, 0.2) is 24.3 Å². The molecule has 0 bridgehead atoms. The van der Waals surface area contributed by atoms with Gasteiger partial charge in [0.15, 0.2) is 17.0 Å². The molecule has 3 heterocycles. The third kappa shape index (κ3) is 3.55. The molecule has 1 aromatic carbocycles. The summed E-state index contributed by atoms with van der Waals surface area (Å²) in [6.07, 6.45) is 7.29. The zero-order chi connectivity index (χ0) is 20.9. The van der Waals surface area contributed by atoms with E-state index >= 15 is 0 Å². The molecule has 162 valence electrons. The Morgan fingerprint density at radius 3 is 2.39 bits per heavy atom. The van der Waals surface area contributed by atoms with Gasteiger partial charge in [0.2, 0.25) is 0 Å².